The fraction of sp³-hybridized carbons (Fsp3) is 0. The van der Waals surface area contributed by atoms with E-state index < -0.39 is 8.07 Å². The Morgan fingerprint density at radius 1 is 0.302 bits per heavy atom. The fourth-order valence-electron chi connectivity index (χ4n) is 10.2. The summed E-state index contributed by atoms with van der Waals surface area (Å²) in [5.41, 5.74) is 12.2. The molecule has 12 rings (SSSR count). The molecule has 0 spiro atoms. The van der Waals surface area contributed by atoms with Crippen molar-refractivity contribution in [3.05, 3.63) is 249 Å². The molecule has 0 aliphatic heterocycles. The van der Waals surface area contributed by atoms with Gasteiger partial charge in [-0.15, -0.1) is 0 Å². The molecule has 0 aliphatic rings. The van der Waals surface area contributed by atoms with Crippen LogP contribution in [0.4, 0.5) is 0 Å². The first kappa shape index (κ1) is 36.8. The number of fused-ring (bicyclic) bond motifs is 6. The number of para-hydroxylation sites is 3. The first-order valence-corrected chi connectivity index (χ1v) is 23.7. The lowest BCUT2D eigenvalue weighted by Gasteiger charge is -2.36. The molecule has 0 fully saturated rings. The zero-order chi connectivity index (χ0) is 41.7. The Hall–Kier alpha value is -7.98. The summed E-state index contributed by atoms with van der Waals surface area (Å²) < 4.78 is 9.10. The summed E-state index contributed by atoms with van der Waals surface area (Å²) in [6, 6.07) is 91.5. The number of hydrogen-bond donors (Lipinski definition) is 0. The SMILES string of the molecule is c1ccc(-c2cc([Si](c3ccccc3)(c3ccccc3)c3ccccc3)cc(-c3ccccc3)c2-n2c3ccccc3c3cc(-c4cccc5c4oc4ccccc45)ccc32)cc1. The van der Waals surface area contributed by atoms with Gasteiger partial charge in [0.05, 0.1) is 16.7 Å². The molecular weight excluding hydrogens is 779 g/mol. The van der Waals surface area contributed by atoms with Crippen LogP contribution >= 0.6 is 0 Å². The maximum atomic E-state index is 6.57. The Labute approximate surface area is 367 Å². The number of rotatable bonds is 8. The summed E-state index contributed by atoms with van der Waals surface area (Å²) in [4.78, 5) is 0. The van der Waals surface area contributed by atoms with Gasteiger partial charge in [-0.1, -0.05) is 224 Å². The number of nitrogens with zero attached hydrogens (tertiary/aromatic N) is 1. The lowest BCUT2D eigenvalue weighted by Crippen LogP contribution is -2.74. The van der Waals surface area contributed by atoms with Gasteiger partial charge < -0.3 is 8.98 Å². The molecule has 0 radical (unpaired) electrons. The molecule has 12 aromatic rings. The smallest absolute Gasteiger partial charge is 0.179 e. The number of hydrogen-bond acceptors (Lipinski definition) is 1. The third kappa shape index (κ3) is 5.93. The van der Waals surface area contributed by atoms with Gasteiger partial charge in [-0.25, -0.2) is 0 Å². The zero-order valence-electron chi connectivity index (χ0n) is 34.5. The highest BCUT2D eigenvalue weighted by Crippen LogP contribution is 2.43. The first-order chi connectivity index (χ1) is 31.3. The summed E-state index contributed by atoms with van der Waals surface area (Å²) in [6.45, 7) is 0. The second-order valence-electron chi connectivity index (χ2n) is 16.4. The molecule has 296 valence electrons. The van der Waals surface area contributed by atoms with E-state index in [1.165, 1.54) is 53.8 Å². The molecule has 3 heteroatoms. The molecular formula is C60H41NOSi. The summed E-state index contributed by atoms with van der Waals surface area (Å²) in [6.07, 6.45) is 0. The van der Waals surface area contributed by atoms with Gasteiger partial charge >= 0.3 is 0 Å². The predicted molar refractivity (Wildman–Crippen MR) is 268 cm³/mol. The van der Waals surface area contributed by atoms with Gasteiger partial charge in [0.25, 0.3) is 0 Å². The standard InChI is InChI=1S/C60H41NOSi/c1-6-21-42(22-7-1)53-40-48(63(45-25-10-3-11-26-45,46-27-12-4-13-28-46)47-29-14-5-15-30-47)41-54(43-23-8-2-9-24-43)59(53)61-56-35-18-16-31-50(56)55-39-44(37-38-57(55)61)49-33-20-34-52-51-32-17-19-36-58(51)62-60(49)52/h1-41H. The average Bonchev–Trinajstić information content (AvgIpc) is 3.91. The lowest BCUT2D eigenvalue weighted by atomic mass is 9.95. The van der Waals surface area contributed by atoms with Crippen molar-refractivity contribution >= 4 is 72.6 Å². The molecule has 0 saturated carbocycles. The molecule has 63 heavy (non-hydrogen) atoms. The topological polar surface area (TPSA) is 18.1 Å². The Balaban J connectivity index is 1.20. The summed E-state index contributed by atoms with van der Waals surface area (Å²) in [5, 5.41) is 10.0. The van der Waals surface area contributed by atoms with E-state index in [9.17, 15) is 0 Å². The van der Waals surface area contributed by atoms with E-state index >= 15 is 0 Å². The quantitative estimate of drug-likeness (QED) is 0.110. The van der Waals surface area contributed by atoms with Crippen LogP contribution in [0, 0.1) is 0 Å². The van der Waals surface area contributed by atoms with Crippen LogP contribution in [0.3, 0.4) is 0 Å². The van der Waals surface area contributed by atoms with Crippen LogP contribution in [0.2, 0.25) is 0 Å². The molecule has 0 bridgehead atoms. The molecule has 2 nitrogen and oxygen atoms in total. The van der Waals surface area contributed by atoms with Crippen molar-refractivity contribution in [3.63, 3.8) is 0 Å². The summed E-state index contributed by atoms with van der Waals surface area (Å²) in [5.74, 6) is 0. The average molecular weight is 820 g/mol. The lowest BCUT2D eigenvalue weighted by molar-refractivity contribution is 0.670. The van der Waals surface area contributed by atoms with Gasteiger partial charge in [-0.3, -0.25) is 0 Å². The number of furan rings is 1. The normalized spacial score (nSPS) is 11.8. The minimum Gasteiger partial charge on any atom is -0.455 e. The van der Waals surface area contributed by atoms with Crippen LogP contribution in [-0.2, 0) is 0 Å². The van der Waals surface area contributed by atoms with Gasteiger partial charge in [-0.05, 0) is 61.7 Å². The molecule has 0 aliphatic carbocycles. The van der Waals surface area contributed by atoms with Crippen LogP contribution in [0.1, 0.15) is 0 Å². The maximum absolute atomic E-state index is 6.57. The first-order valence-electron chi connectivity index (χ1n) is 21.7. The van der Waals surface area contributed by atoms with E-state index in [2.05, 4.69) is 247 Å². The minimum absolute atomic E-state index is 0.904. The van der Waals surface area contributed by atoms with Crippen molar-refractivity contribution in [2.45, 2.75) is 0 Å². The van der Waals surface area contributed by atoms with Gasteiger partial charge in [0.1, 0.15) is 11.2 Å². The third-order valence-corrected chi connectivity index (χ3v) is 17.7. The van der Waals surface area contributed by atoms with Gasteiger partial charge in [0.2, 0.25) is 0 Å². The van der Waals surface area contributed by atoms with Crippen LogP contribution in [0.25, 0.3) is 82.8 Å². The molecule has 0 atom stereocenters. The third-order valence-electron chi connectivity index (χ3n) is 12.9. The van der Waals surface area contributed by atoms with E-state index in [0.29, 0.717) is 0 Å². The highest BCUT2D eigenvalue weighted by Gasteiger charge is 2.42. The molecule has 0 amide bonds. The number of benzene rings is 10. The van der Waals surface area contributed by atoms with E-state index in [4.69, 9.17) is 4.42 Å². The van der Waals surface area contributed by atoms with Gasteiger partial charge in [0, 0.05) is 38.2 Å². The van der Waals surface area contributed by atoms with E-state index in [1.54, 1.807) is 0 Å². The van der Waals surface area contributed by atoms with Crippen LogP contribution in [0.15, 0.2) is 253 Å². The summed E-state index contributed by atoms with van der Waals surface area (Å²) >= 11 is 0. The molecule has 0 N–H and O–H groups in total. The van der Waals surface area contributed by atoms with Crippen molar-refractivity contribution in [2.24, 2.45) is 0 Å². The predicted octanol–water partition coefficient (Wildman–Crippen LogP) is 13.1. The van der Waals surface area contributed by atoms with Crippen LogP contribution in [-0.4, -0.2) is 12.6 Å². The Bertz CT molecular complexity index is 3440. The van der Waals surface area contributed by atoms with Gasteiger partial charge in [0.15, 0.2) is 8.07 Å². The summed E-state index contributed by atoms with van der Waals surface area (Å²) in [7, 11) is -2.94. The molecule has 2 heterocycles. The van der Waals surface area contributed by atoms with Crippen molar-refractivity contribution in [2.75, 3.05) is 0 Å². The van der Waals surface area contributed by atoms with E-state index in [0.717, 1.165) is 49.8 Å². The molecule has 2 aromatic heterocycles. The fourth-order valence-corrected chi connectivity index (χ4v) is 15.0. The second-order valence-corrected chi connectivity index (χ2v) is 20.2. The highest BCUT2D eigenvalue weighted by atomic mass is 28.3. The Kier molecular flexibility index (Phi) is 8.87. The van der Waals surface area contributed by atoms with Crippen molar-refractivity contribution in [3.8, 4) is 39.1 Å². The number of aromatic nitrogens is 1. The molecule has 10 aromatic carbocycles. The Morgan fingerprint density at radius 2 is 0.778 bits per heavy atom. The van der Waals surface area contributed by atoms with Crippen molar-refractivity contribution in [1.29, 1.82) is 0 Å². The van der Waals surface area contributed by atoms with Crippen molar-refractivity contribution in [1.82, 2.24) is 4.57 Å². The van der Waals surface area contributed by atoms with E-state index in [-0.39, 0.29) is 0 Å². The van der Waals surface area contributed by atoms with E-state index in [1.807, 2.05) is 6.07 Å². The van der Waals surface area contributed by atoms with Crippen LogP contribution in [0.5, 0.6) is 0 Å². The van der Waals surface area contributed by atoms with Crippen molar-refractivity contribution < 1.29 is 4.42 Å². The second kappa shape index (κ2) is 15.2. The van der Waals surface area contributed by atoms with Gasteiger partial charge in [-0.2, -0.15) is 0 Å². The monoisotopic (exact) mass is 819 g/mol. The zero-order valence-corrected chi connectivity index (χ0v) is 35.5. The Morgan fingerprint density at radius 3 is 1.37 bits per heavy atom. The molecule has 0 unspecified atom stereocenters. The largest absolute Gasteiger partial charge is 0.455 e. The highest BCUT2D eigenvalue weighted by molar-refractivity contribution is 7.20. The maximum Gasteiger partial charge on any atom is 0.179 e. The molecule has 0 saturated heterocycles. The minimum atomic E-state index is -2.94. The van der Waals surface area contributed by atoms with Crippen LogP contribution < -0.4 is 20.7 Å².